The predicted octanol–water partition coefficient (Wildman–Crippen LogP) is 6.26. The first-order valence-corrected chi connectivity index (χ1v) is 15.0. The number of nitrogens with one attached hydrogen (secondary N) is 1. The topological polar surface area (TPSA) is 99.6 Å². The fourth-order valence-corrected chi connectivity index (χ4v) is 5.98. The van der Waals surface area contributed by atoms with Gasteiger partial charge in [0, 0.05) is 41.3 Å². The minimum Gasteiger partial charge on any atom is -0.493 e. The summed E-state index contributed by atoms with van der Waals surface area (Å²) in [7, 11) is -5.22. The Hall–Kier alpha value is -4.33. The minimum absolute atomic E-state index is 0.0335. The summed E-state index contributed by atoms with van der Waals surface area (Å²) in [5.74, 6) is 3.12. The third-order valence-electron chi connectivity index (χ3n) is 7.48. The Labute approximate surface area is 242 Å². The van der Waals surface area contributed by atoms with Crippen LogP contribution in [-0.2, 0) is 15.2 Å². The van der Waals surface area contributed by atoms with E-state index in [-0.39, 0.29) is 23.1 Å². The van der Waals surface area contributed by atoms with Crippen LogP contribution in [-0.4, -0.2) is 37.8 Å². The molecule has 6 rings (SSSR count). The molecule has 1 aliphatic rings. The molecule has 3 heterocycles. The third kappa shape index (κ3) is 5.22. The second-order valence-corrected chi connectivity index (χ2v) is 11.8. The van der Waals surface area contributed by atoms with Crippen molar-refractivity contribution < 1.29 is 26.0 Å². The van der Waals surface area contributed by atoms with Crippen LogP contribution in [0.4, 0.5) is 3.89 Å². The average Bonchev–Trinajstić information content (AvgIpc) is 3.34. The molecule has 0 unspecified atom stereocenters. The maximum atomic E-state index is 14.2. The normalized spacial score (nSPS) is 14.5. The van der Waals surface area contributed by atoms with E-state index in [0.29, 0.717) is 64.2 Å². The number of benzene rings is 3. The number of aromatic nitrogens is 2. The van der Waals surface area contributed by atoms with Crippen molar-refractivity contribution in [3.8, 4) is 35.0 Å². The first kappa shape index (κ1) is 27.8. The summed E-state index contributed by atoms with van der Waals surface area (Å²) in [4.78, 5) is 17.7. The molecule has 0 bridgehead atoms. The lowest BCUT2D eigenvalue weighted by Crippen LogP contribution is -2.22. The van der Waals surface area contributed by atoms with Crippen LogP contribution in [0.25, 0.3) is 44.0 Å². The number of hydrogen-bond acceptors (Lipinski definition) is 6. The standard InChI is InChI=1S/C32H29FN2O6S/c1-4-20-8-9-24-27(14-20)34-32-30(24)31(36)26-17-29(40-18-19(2)3)25(16-28(26)35(32)22-10-12-39-13-11-22)21-6-5-7-23(15-21)41-42(33,37)38/h1,5-9,14-17,19,22,34H,10-13,18H2,2-3H3. The first-order valence-electron chi connectivity index (χ1n) is 13.7. The lowest BCUT2D eigenvalue weighted by molar-refractivity contribution is 0.0715. The lowest BCUT2D eigenvalue weighted by atomic mass is 9.99. The number of aromatic amines is 1. The molecule has 1 N–H and O–H groups in total. The minimum atomic E-state index is -5.22. The number of pyridine rings is 1. The van der Waals surface area contributed by atoms with Crippen molar-refractivity contribution in [2.45, 2.75) is 32.7 Å². The molecule has 10 heteroatoms. The highest BCUT2D eigenvalue weighted by Crippen LogP contribution is 2.39. The molecule has 1 saturated heterocycles. The van der Waals surface area contributed by atoms with E-state index < -0.39 is 10.5 Å². The maximum Gasteiger partial charge on any atom is 0.488 e. The van der Waals surface area contributed by atoms with Gasteiger partial charge in [0.05, 0.1) is 22.9 Å². The molecule has 0 amide bonds. The molecule has 3 aromatic carbocycles. The van der Waals surface area contributed by atoms with Crippen LogP contribution < -0.4 is 14.3 Å². The number of ether oxygens (including phenoxy) is 2. The SMILES string of the molecule is C#Cc1ccc2c(c1)[nH]c1c2c(=O)c2cc(OCC(C)C)c(-c3cccc(OS(=O)(=O)F)c3)cc2n1C1CCOCC1. The highest BCUT2D eigenvalue weighted by molar-refractivity contribution is 7.81. The van der Waals surface area contributed by atoms with E-state index in [1.54, 1.807) is 18.2 Å². The van der Waals surface area contributed by atoms with Gasteiger partial charge in [-0.1, -0.05) is 41.9 Å². The van der Waals surface area contributed by atoms with Gasteiger partial charge in [-0.15, -0.1) is 6.42 Å². The molecule has 5 aromatic rings. The number of fused-ring (bicyclic) bond motifs is 4. The summed E-state index contributed by atoms with van der Waals surface area (Å²) < 4.78 is 54.3. The van der Waals surface area contributed by atoms with Gasteiger partial charge in [0.25, 0.3) is 0 Å². The summed E-state index contributed by atoms with van der Waals surface area (Å²) in [6.07, 6.45) is 7.15. The van der Waals surface area contributed by atoms with Crippen molar-refractivity contribution in [3.05, 3.63) is 70.4 Å². The van der Waals surface area contributed by atoms with E-state index in [4.69, 9.17) is 15.9 Å². The van der Waals surface area contributed by atoms with Gasteiger partial charge in [-0.25, -0.2) is 0 Å². The molecule has 42 heavy (non-hydrogen) atoms. The van der Waals surface area contributed by atoms with Crippen LogP contribution in [0.15, 0.2) is 59.4 Å². The molecule has 0 spiro atoms. The number of hydrogen-bond donors (Lipinski definition) is 1. The zero-order valence-electron chi connectivity index (χ0n) is 23.1. The van der Waals surface area contributed by atoms with Crippen LogP contribution in [0.1, 0.15) is 38.3 Å². The van der Waals surface area contributed by atoms with Gasteiger partial charge in [0.15, 0.2) is 5.43 Å². The molecule has 8 nitrogen and oxygen atoms in total. The Morgan fingerprint density at radius 2 is 1.90 bits per heavy atom. The van der Waals surface area contributed by atoms with Crippen molar-refractivity contribution >= 4 is 43.3 Å². The quantitative estimate of drug-likeness (QED) is 0.178. The first-order chi connectivity index (χ1) is 20.1. The lowest BCUT2D eigenvalue weighted by Gasteiger charge is -2.28. The predicted molar refractivity (Wildman–Crippen MR) is 161 cm³/mol. The highest BCUT2D eigenvalue weighted by Gasteiger charge is 2.25. The van der Waals surface area contributed by atoms with Crippen molar-refractivity contribution in [2.24, 2.45) is 5.92 Å². The van der Waals surface area contributed by atoms with Gasteiger partial charge in [-0.3, -0.25) is 4.79 Å². The molecular formula is C32H29FN2O6S. The largest absolute Gasteiger partial charge is 0.493 e. The molecule has 1 fully saturated rings. The van der Waals surface area contributed by atoms with Gasteiger partial charge < -0.3 is 23.2 Å². The maximum absolute atomic E-state index is 14.2. The van der Waals surface area contributed by atoms with Crippen molar-refractivity contribution in [1.29, 1.82) is 0 Å². The fourth-order valence-electron chi connectivity index (χ4n) is 5.64. The highest BCUT2D eigenvalue weighted by atomic mass is 32.3. The average molecular weight is 589 g/mol. The molecule has 0 aliphatic carbocycles. The van der Waals surface area contributed by atoms with Gasteiger partial charge in [-0.2, -0.15) is 8.42 Å². The van der Waals surface area contributed by atoms with E-state index >= 15 is 0 Å². The van der Waals surface area contributed by atoms with Gasteiger partial charge in [0.1, 0.15) is 17.1 Å². The van der Waals surface area contributed by atoms with Gasteiger partial charge in [0.2, 0.25) is 0 Å². The summed E-state index contributed by atoms with van der Waals surface area (Å²) >= 11 is 0. The van der Waals surface area contributed by atoms with Crippen LogP contribution in [0.5, 0.6) is 11.5 Å². The van der Waals surface area contributed by atoms with Crippen molar-refractivity contribution in [3.63, 3.8) is 0 Å². The van der Waals surface area contributed by atoms with Gasteiger partial charge in [-0.05, 0) is 60.7 Å². The molecule has 216 valence electrons. The fraction of sp³-hybridized carbons (Fsp3) is 0.281. The Bertz CT molecular complexity index is 2050. The number of rotatable bonds is 7. The second-order valence-electron chi connectivity index (χ2n) is 10.9. The summed E-state index contributed by atoms with van der Waals surface area (Å²) in [6.45, 7) is 5.58. The smallest absolute Gasteiger partial charge is 0.488 e. The zero-order chi connectivity index (χ0) is 29.6. The summed E-state index contributed by atoms with van der Waals surface area (Å²) in [5.41, 5.74) is 3.83. The van der Waals surface area contributed by atoms with Crippen molar-refractivity contribution in [1.82, 2.24) is 9.55 Å². The Kier molecular flexibility index (Phi) is 7.17. The Morgan fingerprint density at radius 1 is 1.12 bits per heavy atom. The van der Waals surface area contributed by atoms with E-state index in [9.17, 15) is 17.1 Å². The summed E-state index contributed by atoms with van der Waals surface area (Å²) in [5, 5.41) is 1.83. The molecule has 0 saturated carbocycles. The third-order valence-corrected chi connectivity index (χ3v) is 7.88. The molecular weight excluding hydrogens is 559 g/mol. The van der Waals surface area contributed by atoms with E-state index in [0.717, 1.165) is 23.7 Å². The van der Waals surface area contributed by atoms with Crippen LogP contribution in [0, 0.1) is 18.3 Å². The van der Waals surface area contributed by atoms with Crippen LogP contribution in [0.3, 0.4) is 0 Å². The Balaban J connectivity index is 1.69. The number of H-pyrrole nitrogens is 1. The molecule has 2 aromatic heterocycles. The monoisotopic (exact) mass is 588 g/mol. The Morgan fingerprint density at radius 3 is 2.62 bits per heavy atom. The van der Waals surface area contributed by atoms with Crippen molar-refractivity contribution in [2.75, 3.05) is 19.8 Å². The van der Waals surface area contributed by atoms with Crippen LogP contribution in [0.2, 0.25) is 0 Å². The molecule has 0 atom stereocenters. The number of terminal acetylenes is 1. The number of nitrogens with zero attached hydrogens (tertiary/aromatic N) is 1. The van der Waals surface area contributed by atoms with E-state index in [2.05, 4.69) is 19.7 Å². The zero-order valence-corrected chi connectivity index (χ0v) is 24.0. The summed E-state index contributed by atoms with van der Waals surface area (Å²) in [6, 6.07) is 15.3. The number of halogens is 1. The van der Waals surface area contributed by atoms with Crippen LogP contribution >= 0.6 is 0 Å². The molecule has 0 radical (unpaired) electrons. The van der Waals surface area contributed by atoms with E-state index in [1.807, 2.05) is 38.1 Å². The van der Waals surface area contributed by atoms with Gasteiger partial charge >= 0.3 is 10.5 Å². The second kappa shape index (κ2) is 10.8. The molecule has 1 aliphatic heterocycles. The van der Waals surface area contributed by atoms with E-state index in [1.165, 1.54) is 12.1 Å².